The van der Waals surface area contributed by atoms with Crippen molar-refractivity contribution in [3.8, 4) is 16.3 Å². The summed E-state index contributed by atoms with van der Waals surface area (Å²) in [5, 5.41) is 12.1. The SMILES string of the molecule is Cc1nc(-c2c(OCCCN(C)C)ccc3ccccc23)sc1C(=O)O. The van der Waals surface area contributed by atoms with Crippen molar-refractivity contribution >= 4 is 28.1 Å². The highest BCUT2D eigenvalue weighted by Crippen LogP contribution is 2.40. The molecule has 0 aliphatic heterocycles. The Labute approximate surface area is 156 Å². The number of aromatic carboxylic acids is 1. The predicted molar refractivity (Wildman–Crippen MR) is 105 cm³/mol. The van der Waals surface area contributed by atoms with Crippen LogP contribution >= 0.6 is 11.3 Å². The van der Waals surface area contributed by atoms with Crippen molar-refractivity contribution in [2.24, 2.45) is 0 Å². The van der Waals surface area contributed by atoms with Crippen LogP contribution in [0.25, 0.3) is 21.3 Å². The van der Waals surface area contributed by atoms with Crippen LogP contribution in [0.3, 0.4) is 0 Å². The predicted octanol–water partition coefficient (Wildman–Crippen LogP) is 4.30. The number of benzene rings is 2. The van der Waals surface area contributed by atoms with Crippen LogP contribution in [-0.2, 0) is 0 Å². The third-order valence-corrected chi connectivity index (χ3v) is 5.27. The molecule has 136 valence electrons. The molecule has 0 bridgehead atoms. The Balaban J connectivity index is 2.04. The van der Waals surface area contributed by atoms with Crippen molar-refractivity contribution in [3.63, 3.8) is 0 Å². The van der Waals surface area contributed by atoms with Crippen molar-refractivity contribution in [1.29, 1.82) is 0 Å². The molecule has 3 rings (SSSR count). The number of ether oxygens (including phenoxy) is 1. The van der Waals surface area contributed by atoms with E-state index in [0.717, 1.165) is 35.1 Å². The zero-order valence-electron chi connectivity index (χ0n) is 15.2. The molecule has 0 aliphatic carbocycles. The van der Waals surface area contributed by atoms with Crippen molar-refractivity contribution in [2.45, 2.75) is 13.3 Å². The second-order valence-corrected chi connectivity index (χ2v) is 7.40. The van der Waals surface area contributed by atoms with E-state index in [1.165, 1.54) is 11.3 Å². The minimum Gasteiger partial charge on any atom is -0.493 e. The van der Waals surface area contributed by atoms with Crippen LogP contribution in [0, 0.1) is 6.92 Å². The van der Waals surface area contributed by atoms with Crippen LogP contribution in [0.2, 0.25) is 0 Å². The Kier molecular flexibility index (Phi) is 5.54. The maximum atomic E-state index is 11.4. The summed E-state index contributed by atoms with van der Waals surface area (Å²) in [5.41, 5.74) is 1.40. The van der Waals surface area contributed by atoms with Gasteiger partial charge in [-0.15, -0.1) is 11.3 Å². The zero-order valence-corrected chi connectivity index (χ0v) is 16.0. The van der Waals surface area contributed by atoms with Crippen LogP contribution in [0.4, 0.5) is 0 Å². The highest BCUT2D eigenvalue weighted by molar-refractivity contribution is 7.17. The van der Waals surface area contributed by atoms with E-state index in [1.807, 2.05) is 50.5 Å². The van der Waals surface area contributed by atoms with E-state index in [-0.39, 0.29) is 4.88 Å². The number of aromatic nitrogens is 1. The van der Waals surface area contributed by atoms with Crippen molar-refractivity contribution in [3.05, 3.63) is 47.0 Å². The maximum Gasteiger partial charge on any atom is 0.347 e. The summed E-state index contributed by atoms with van der Waals surface area (Å²) in [6, 6.07) is 12.0. The molecule has 0 fully saturated rings. The van der Waals surface area contributed by atoms with Gasteiger partial charge in [-0.1, -0.05) is 30.3 Å². The lowest BCUT2D eigenvalue weighted by Crippen LogP contribution is -2.15. The van der Waals surface area contributed by atoms with E-state index in [0.29, 0.717) is 17.3 Å². The summed E-state index contributed by atoms with van der Waals surface area (Å²) in [4.78, 5) is 18.3. The van der Waals surface area contributed by atoms with E-state index in [2.05, 4.69) is 9.88 Å². The van der Waals surface area contributed by atoms with Gasteiger partial charge in [0.2, 0.25) is 0 Å². The standard InChI is InChI=1S/C20H22N2O3S/c1-13-18(20(23)24)26-19(21-13)17-15-8-5-4-7-14(15)9-10-16(17)25-12-6-11-22(2)3/h4-5,7-10H,6,11-12H2,1-3H3,(H,23,24). The molecule has 0 amide bonds. The summed E-state index contributed by atoms with van der Waals surface area (Å²) in [7, 11) is 4.07. The molecule has 26 heavy (non-hydrogen) atoms. The molecule has 3 aromatic rings. The lowest BCUT2D eigenvalue weighted by molar-refractivity contribution is 0.0701. The molecule has 0 radical (unpaired) electrons. The van der Waals surface area contributed by atoms with Crippen LogP contribution < -0.4 is 4.74 Å². The largest absolute Gasteiger partial charge is 0.493 e. The van der Waals surface area contributed by atoms with Gasteiger partial charge in [0.15, 0.2) is 0 Å². The number of rotatable bonds is 7. The van der Waals surface area contributed by atoms with Gasteiger partial charge >= 0.3 is 5.97 Å². The molecule has 0 unspecified atom stereocenters. The number of carboxylic acids is 1. The van der Waals surface area contributed by atoms with E-state index < -0.39 is 5.97 Å². The lowest BCUT2D eigenvalue weighted by Gasteiger charge is -2.14. The fourth-order valence-electron chi connectivity index (χ4n) is 2.86. The molecule has 0 saturated heterocycles. The van der Waals surface area contributed by atoms with Gasteiger partial charge in [-0.2, -0.15) is 0 Å². The topological polar surface area (TPSA) is 62.7 Å². The summed E-state index contributed by atoms with van der Waals surface area (Å²) in [6.45, 7) is 3.27. The van der Waals surface area contributed by atoms with Gasteiger partial charge in [-0.3, -0.25) is 0 Å². The number of carbonyl (C=O) groups is 1. The first-order chi connectivity index (χ1) is 12.5. The van der Waals surface area contributed by atoms with Crippen LogP contribution in [0.5, 0.6) is 5.75 Å². The fraction of sp³-hybridized carbons (Fsp3) is 0.300. The summed E-state index contributed by atoms with van der Waals surface area (Å²) in [6.07, 6.45) is 0.913. The molecule has 0 saturated carbocycles. The average Bonchev–Trinajstić information content (AvgIpc) is 2.99. The Hall–Kier alpha value is -2.44. The highest BCUT2D eigenvalue weighted by atomic mass is 32.1. The smallest absolute Gasteiger partial charge is 0.347 e. The Morgan fingerprint density at radius 1 is 1.23 bits per heavy atom. The second kappa shape index (κ2) is 7.85. The quantitative estimate of drug-likeness (QED) is 0.628. The van der Waals surface area contributed by atoms with Crippen molar-refractivity contribution < 1.29 is 14.6 Å². The molecule has 1 aromatic heterocycles. The monoisotopic (exact) mass is 370 g/mol. The molecule has 5 nitrogen and oxygen atoms in total. The minimum absolute atomic E-state index is 0.270. The van der Waals surface area contributed by atoms with Crippen LogP contribution in [-0.4, -0.2) is 48.2 Å². The number of carboxylic acid groups (broad SMARTS) is 1. The normalized spacial score (nSPS) is 11.2. The van der Waals surface area contributed by atoms with Crippen molar-refractivity contribution in [1.82, 2.24) is 9.88 Å². The fourth-order valence-corrected chi connectivity index (χ4v) is 3.83. The average molecular weight is 370 g/mol. The first-order valence-corrected chi connectivity index (χ1v) is 9.29. The number of aryl methyl sites for hydroxylation is 1. The molecule has 1 heterocycles. The van der Waals surface area contributed by atoms with Gasteiger partial charge in [0.1, 0.15) is 15.6 Å². The molecular formula is C20H22N2O3S. The highest BCUT2D eigenvalue weighted by Gasteiger charge is 2.19. The number of thiazole rings is 1. The number of hydrogen-bond acceptors (Lipinski definition) is 5. The number of fused-ring (bicyclic) bond motifs is 1. The molecule has 0 spiro atoms. The number of nitrogens with zero attached hydrogens (tertiary/aromatic N) is 2. The first kappa shape index (κ1) is 18.4. The summed E-state index contributed by atoms with van der Waals surface area (Å²) >= 11 is 1.19. The first-order valence-electron chi connectivity index (χ1n) is 8.47. The minimum atomic E-state index is -0.945. The van der Waals surface area contributed by atoms with Gasteiger partial charge < -0.3 is 14.7 Å². The Bertz CT molecular complexity index is 934. The molecule has 1 N–H and O–H groups in total. The lowest BCUT2D eigenvalue weighted by atomic mass is 10.0. The summed E-state index contributed by atoms with van der Waals surface area (Å²) in [5.74, 6) is -0.201. The van der Waals surface area contributed by atoms with E-state index in [4.69, 9.17) is 4.74 Å². The van der Waals surface area contributed by atoms with Gasteiger partial charge in [-0.05, 0) is 44.3 Å². The molecule has 0 atom stereocenters. The zero-order chi connectivity index (χ0) is 18.7. The van der Waals surface area contributed by atoms with Crippen LogP contribution in [0.1, 0.15) is 21.8 Å². The molecular weight excluding hydrogens is 348 g/mol. The van der Waals surface area contributed by atoms with E-state index in [9.17, 15) is 9.90 Å². The van der Waals surface area contributed by atoms with E-state index in [1.54, 1.807) is 6.92 Å². The van der Waals surface area contributed by atoms with Gasteiger partial charge in [0.25, 0.3) is 0 Å². The van der Waals surface area contributed by atoms with Gasteiger partial charge in [0.05, 0.1) is 17.9 Å². The van der Waals surface area contributed by atoms with Gasteiger partial charge in [-0.25, -0.2) is 9.78 Å². The molecule has 0 aliphatic rings. The van der Waals surface area contributed by atoms with Gasteiger partial charge in [0, 0.05) is 6.54 Å². The number of hydrogen-bond donors (Lipinski definition) is 1. The van der Waals surface area contributed by atoms with Crippen LogP contribution in [0.15, 0.2) is 36.4 Å². The van der Waals surface area contributed by atoms with E-state index >= 15 is 0 Å². The molecule has 2 aromatic carbocycles. The maximum absolute atomic E-state index is 11.4. The Morgan fingerprint density at radius 3 is 2.69 bits per heavy atom. The third-order valence-electron chi connectivity index (χ3n) is 4.10. The Morgan fingerprint density at radius 2 is 2.00 bits per heavy atom. The third kappa shape index (κ3) is 3.86. The van der Waals surface area contributed by atoms with Crippen molar-refractivity contribution in [2.75, 3.05) is 27.2 Å². The molecule has 6 heteroatoms. The summed E-state index contributed by atoms with van der Waals surface area (Å²) < 4.78 is 6.05. The second-order valence-electron chi connectivity index (χ2n) is 6.40.